The third kappa shape index (κ3) is 6.64. The molecule has 1 saturated carbocycles. The van der Waals surface area contributed by atoms with Gasteiger partial charge in [0.15, 0.2) is 0 Å². The van der Waals surface area contributed by atoms with E-state index in [0.29, 0.717) is 31.5 Å². The highest BCUT2D eigenvalue weighted by molar-refractivity contribution is 5.76. The molecule has 0 spiro atoms. The van der Waals surface area contributed by atoms with Crippen LogP contribution in [-0.4, -0.2) is 43.7 Å². The second kappa shape index (κ2) is 9.66. The first-order valence-electron chi connectivity index (χ1n) is 8.78. The Bertz CT molecular complexity index is 316. The van der Waals surface area contributed by atoms with E-state index in [1.54, 1.807) is 0 Å². The molecule has 1 saturated heterocycles. The van der Waals surface area contributed by atoms with Gasteiger partial charge in [0.2, 0.25) is 5.91 Å². The number of piperidine rings is 1. The van der Waals surface area contributed by atoms with Crippen molar-refractivity contribution in [2.75, 3.05) is 19.6 Å². The fourth-order valence-electron chi connectivity index (χ4n) is 3.20. The molecule has 2 aliphatic rings. The Morgan fingerprint density at radius 1 is 0.909 bits per heavy atom. The molecule has 4 N–H and O–H groups in total. The van der Waals surface area contributed by atoms with Gasteiger partial charge in [-0.1, -0.05) is 19.3 Å². The van der Waals surface area contributed by atoms with E-state index in [-0.39, 0.29) is 11.9 Å². The van der Waals surface area contributed by atoms with Crippen molar-refractivity contribution in [3.05, 3.63) is 0 Å². The standard InChI is InChI=1S/C16H30N4O2/c21-15(19-14-8-11-17-12-9-14)7-4-10-18-16(22)20-13-5-2-1-3-6-13/h13-14,17H,1-12H2,(H,19,21)(H2,18,20,22). The third-order valence-corrected chi connectivity index (χ3v) is 4.51. The van der Waals surface area contributed by atoms with Gasteiger partial charge in [-0.25, -0.2) is 4.79 Å². The van der Waals surface area contributed by atoms with Crippen LogP contribution in [-0.2, 0) is 4.79 Å². The summed E-state index contributed by atoms with van der Waals surface area (Å²) in [5.41, 5.74) is 0. The Labute approximate surface area is 133 Å². The van der Waals surface area contributed by atoms with E-state index in [9.17, 15) is 9.59 Å². The minimum atomic E-state index is -0.0920. The van der Waals surface area contributed by atoms with Crippen molar-refractivity contribution in [1.29, 1.82) is 0 Å². The lowest BCUT2D eigenvalue weighted by Gasteiger charge is -2.24. The summed E-state index contributed by atoms with van der Waals surface area (Å²) in [5.74, 6) is 0.0985. The van der Waals surface area contributed by atoms with Gasteiger partial charge in [0, 0.05) is 25.0 Å². The molecule has 126 valence electrons. The molecular weight excluding hydrogens is 280 g/mol. The minimum absolute atomic E-state index is 0.0920. The van der Waals surface area contributed by atoms with E-state index < -0.39 is 0 Å². The van der Waals surface area contributed by atoms with Crippen LogP contribution in [0.2, 0.25) is 0 Å². The zero-order valence-corrected chi connectivity index (χ0v) is 13.5. The van der Waals surface area contributed by atoms with Crippen LogP contribution in [0.4, 0.5) is 4.79 Å². The largest absolute Gasteiger partial charge is 0.353 e. The third-order valence-electron chi connectivity index (χ3n) is 4.51. The summed E-state index contributed by atoms with van der Waals surface area (Å²) in [6.45, 7) is 2.51. The maximum Gasteiger partial charge on any atom is 0.315 e. The summed E-state index contributed by atoms with van der Waals surface area (Å²) in [7, 11) is 0. The minimum Gasteiger partial charge on any atom is -0.353 e. The number of rotatable bonds is 6. The molecule has 0 aromatic heterocycles. The number of hydrogen-bond donors (Lipinski definition) is 4. The van der Waals surface area contributed by atoms with E-state index >= 15 is 0 Å². The predicted molar refractivity (Wildman–Crippen MR) is 86.7 cm³/mol. The molecule has 1 heterocycles. The monoisotopic (exact) mass is 310 g/mol. The number of nitrogens with one attached hydrogen (secondary N) is 4. The smallest absolute Gasteiger partial charge is 0.315 e. The van der Waals surface area contributed by atoms with Crippen LogP contribution in [0.1, 0.15) is 57.8 Å². The summed E-state index contributed by atoms with van der Waals surface area (Å²) in [6, 6.07) is 0.555. The van der Waals surface area contributed by atoms with Crippen molar-refractivity contribution in [3.63, 3.8) is 0 Å². The molecule has 2 rings (SSSR count). The molecule has 0 unspecified atom stereocenters. The predicted octanol–water partition coefficient (Wildman–Crippen LogP) is 1.27. The van der Waals surface area contributed by atoms with Crippen LogP contribution in [0.15, 0.2) is 0 Å². The van der Waals surface area contributed by atoms with Gasteiger partial charge in [-0.3, -0.25) is 4.79 Å². The molecule has 3 amide bonds. The summed E-state index contributed by atoms with van der Waals surface area (Å²) in [4.78, 5) is 23.6. The molecule has 22 heavy (non-hydrogen) atoms. The van der Waals surface area contributed by atoms with Crippen LogP contribution >= 0.6 is 0 Å². The molecule has 0 bridgehead atoms. The van der Waals surface area contributed by atoms with Gasteiger partial charge in [-0.2, -0.15) is 0 Å². The highest BCUT2D eigenvalue weighted by Crippen LogP contribution is 2.17. The van der Waals surface area contributed by atoms with Gasteiger partial charge in [-0.15, -0.1) is 0 Å². The Hall–Kier alpha value is -1.30. The van der Waals surface area contributed by atoms with Crippen LogP contribution < -0.4 is 21.3 Å². The second-order valence-corrected chi connectivity index (χ2v) is 6.43. The first-order valence-corrected chi connectivity index (χ1v) is 8.78. The number of carbonyl (C=O) groups excluding carboxylic acids is 2. The fraction of sp³-hybridized carbons (Fsp3) is 0.875. The van der Waals surface area contributed by atoms with Gasteiger partial charge in [0.1, 0.15) is 0 Å². The highest BCUT2D eigenvalue weighted by atomic mass is 16.2. The maximum absolute atomic E-state index is 11.8. The van der Waals surface area contributed by atoms with Crippen LogP contribution in [0.25, 0.3) is 0 Å². The quantitative estimate of drug-likeness (QED) is 0.558. The molecule has 0 atom stereocenters. The average Bonchev–Trinajstić information content (AvgIpc) is 2.53. The Morgan fingerprint density at radius 2 is 1.59 bits per heavy atom. The van der Waals surface area contributed by atoms with E-state index in [2.05, 4.69) is 21.3 Å². The van der Waals surface area contributed by atoms with Crippen LogP contribution in [0.3, 0.4) is 0 Å². The topological polar surface area (TPSA) is 82.3 Å². The summed E-state index contributed by atoms with van der Waals surface area (Å²) in [5, 5.41) is 12.2. The van der Waals surface area contributed by atoms with Crippen molar-refractivity contribution in [2.45, 2.75) is 69.9 Å². The zero-order chi connectivity index (χ0) is 15.6. The van der Waals surface area contributed by atoms with Gasteiger partial charge in [0.25, 0.3) is 0 Å². The number of urea groups is 1. The molecule has 2 fully saturated rings. The molecule has 1 aliphatic heterocycles. The van der Waals surface area contributed by atoms with Crippen LogP contribution in [0, 0.1) is 0 Å². The van der Waals surface area contributed by atoms with E-state index in [0.717, 1.165) is 38.8 Å². The average molecular weight is 310 g/mol. The number of hydrogen-bond acceptors (Lipinski definition) is 3. The van der Waals surface area contributed by atoms with Crippen molar-refractivity contribution < 1.29 is 9.59 Å². The molecule has 6 heteroatoms. The highest BCUT2D eigenvalue weighted by Gasteiger charge is 2.16. The Balaban J connectivity index is 1.48. The lowest BCUT2D eigenvalue weighted by atomic mass is 9.96. The molecule has 1 aliphatic carbocycles. The van der Waals surface area contributed by atoms with Gasteiger partial charge >= 0.3 is 6.03 Å². The molecular formula is C16H30N4O2. The van der Waals surface area contributed by atoms with Crippen molar-refractivity contribution in [2.24, 2.45) is 0 Å². The Kier molecular flexibility index (Phi) is 7.49. The summed E-state index contributed by atoms with van der Waals surface area (Å²) < 4.78 is 0. The fourth-order valence-corrected chi connectivity index (χ4v) is 3.20. The van der Waals surface area contributed by atoms with Crippen molar-refractivity contribution in [3.8, 4) is 0 Å². The van der Waals surface area contributed by atoms with Gasteiger partial charge in [-0.05, 0) is 45.2 Å². The van der Waals surface area contributed by atoms with E-state index in [4.69, 9.17) is 0 Å². The zero-order valence-electron chi connectivity index (χ0n) is 13.5. The first-order chi connectivity index (χ1) is 10.7. The summed E-state index contributed by atoms with van der Waals surface area (Å²) >= 11 is 0. The molecule has 0 aromatic rings. The molecule has 0 radical (unpaired) electrons. The van der Waals surface area contributed by atoms with Gasteiger partial charge < -0.3 is 21.3 Å². The Morgan fingerprint density at radius 3 is 2.32 bits per heavy atom. The lowest BCUT2D eigenvalue weighted by molar-refractivity contribution is -0.122. The molecule has 0 aromatic carbocycles. The normalized spacial score (nSPS) is 20.4. The SMILES string of the molecule is O=C(CCCNC(=O)NC1CCCCC1)NC1CCNCC1. The lowest BCUT2D eigenvalue weighted by Crippen LogP contribution is -2.44. The van der Waals surface area contributed by atoms with Gasteiger partial charge in [0.05, 0.1) is 0 Å². The number of amides is 3. The van der Waals surface area contributed by atoms with Crippen molar-refractivity contribution in [1.82, 2.24) is 21.3 Å². The summed E-state index contributed by atoms with van der Waals surface area (Å²) in [6.07, 6.45) is 9.07. The molecule has 6 nitrogen and oxygen atoms in total. The van der Waals surface area contributed by atoms with E-state index in [1.807, 2.05) is 0 Å². The number of carbonyl (C=O) groups is 2. The maximum atomic E-state index is 11.8. The first kappa shape index (κ1) is 17.1. The van der Waals surface area contributed by atoms with E-state index in [1.165, 1.54) is 19.3 Å². The second-order valence-electron chi connectivity index (χ2n) is 6.43. The van der Waals surface area contributed by atoms with Crippen LogP contribution in [0.5, 0.6) is 0 Å². The van der Waals surface area contributed by atoms with Crippen molar-refractivity contribution >= 4 is 11.9 Å².